The number of rotatable bonds is 7. The van der Waals surface area contributed by atoms with Gasteiger partial charge in [0.2, 0.25) is 17.7 Å². The fraction of sp³-hybridized carbons (Fsp3) is 0.348. The van der Waals surface area contributed by atoms with Crippen molar-refractivity contribution in [3.63, 3.8) is 0 Å². The normalized spacial score (nSPS) is 13.9. The van der Waals surface area contributed by atoms with Crippen molar-refractivity contribution < 1.29 is 14.4 Å². The molecule has 11 heteroatoms. The average Bonchev–Trinajstić information content (AvgIpc) is 3.40. The number of aryl methyl sites for hydroxylation is 2. The van der Waals surface area contributed by atoms with Crippen LogP contribution >= 0.6 is 23.1 Å². The summed E-state index contributed by atoms with van der Waals surface area (Å²) in [6.07, 6.45) is 3.93. The molecule has 3 amide bonds. The molecule has 9 nitrogen and oxygen atoms in total. The van der Waals surface area contributed by atoms with E-state index in [9.17, 15) is 19.2 Å². The summed E-state index contributed by atoms with van der Waals surface area (Å²) in [6, 6.07) is 4.11. The molecule has 0 spiro atoms. The van der Waals surface area contributed by atoms with Gasteiger partial charge in [-0.05, 0) is 50.5 Å². The zero-order valence-electron chi connectivity index (χ0n) is 18.8. The molecule has 34 heavy (non-hydrogen) atoms. The lowest BCUT2D eigenvalue weighted by molar-refractivity contribution is -0.113. The standard InChI is InChI=1S/C23H25N5O4S2/c1-11-12(2)34-21-18(11)22(32)28(16-5-3-4-6-16)23(27-21)33-10-17(29)26-15-8-13(19(24)30)7-14(9-15)20(25)31/h7-9,16H,3-6,10H2,1-2H3,(H2,24,30)(H2,25,31)(H,26,29). The summed E-state index contributed by atoms with van der Waals surface area (Å²) >= 11 is 2.67. The Labute approximate surface area is 203 Å². The highest BCUT2D eigenvalue weighted by molar-refractivity contribution is 7.99. The molecule has 0 aliphatic heterocycles. The van der Waals surface area contributed by atoms with Crippen LogP contribution in [0.2, 0.25) is 0 Å². The van der Waals surface area contributed by atoms with Crippen LogP contribution in [0.1, 0.15) is 62.9 Å². The number of hydrogen-bond donors (Lipinski definition) is 3. The number of nitrogens with two attached hydrogens (primary N) is 2. The number of carbonyl (C=O) groups is 3. The van der Waals surface area contributed by atoms with E-state index in [1.807, 2.05) is 13.8 Å². The molecule has 0 saturated heterocycles. The predicted molar refractivity (Wildman–Crippen MR) is 134 cm³/mol. The SMILES string of the molecule is Cc1sc2nc(SCC(=O)Nc3cc(C(N)=O)cc(C(N)=O)c3)n(C3CCCC3)c(=O)c2c1C. The largest absolute Gasteiger partial charge is 0.366 e. The summed E-state index contributed by atoms with van der Waals surface area (Å²) in [6.45, 7) is 3.92. The topological polar surface area (TPSA) is 150 Å². The van der Waals surface area contributed by atoms with Gasteiger partial charge in [-0.3, -0.25) is 23.7 Å². The van der Waals surface area contributed by atoms with Gasteiger partial charge in [-0.15, -0.1) is 11.3 Å². The number of thioether (sulfide) groups is 1. The van der Waals surface area contributed by atoms with Crippen LogP contribution in [-0.2, 0) is 4.79 Å². The van der Waals surface area contributed by atoms with Crippen LogP contribution in [0, 0.1) is 13.8 Å². The van der Waals surface area contributed by atoms with Gasteiger partial charge in [0.05, 0.1) is 11.1 Å². The molecule has 4 rings (SSSR count). The smallest absolute Gasteiger partial charge is 0.263 e. The van der Waals surface area contributed by atoms with E-state index in [0.29, 0.717) is 15.4 Å². The van der Waals surface area contributed by atoms with Crippen molar-refractivity contribution in [3.8, 4) is 0 Å². The molecule has 178 valence electrons. The molecule has 1 aromatic carbocycles. The molecule has 1 fully saturated rings. The van der Waals surface area contributed by atoms with Crippen molar-refractivity contribution in [1.82, 2.24) is 9.55 Å². The van der Waals surface area contributed by atoms with E-state index < -0.39 is 11.8 Å². The van der Waals surface area contributed by atoms with Crippen molar-refractivity contribution in [1.29, 1.82) is 0 Å². The molecule has 1 aliphatic carbocycles. The third-order valence-corrected chi connectivity index (χ3v) is 8.06. The highest BCUT2D eigenvalue weighted by Gasteiger charge is 2.25. The third kappa shape index (κ3) is 4.71. The number of benzene rings is 1. The second-order valence-corrected chi connectivity index (χ2v) is 10.5. The molecule has 1 saturated carbocycles. The Kier molecular flexibility index (Phi) is 6.76. The molecule has 2 heterocycles. The summed E-state index contributed by atoms with van der Waals surface area (Å²) in [7, 11) is 0. The quantitative estimate of drug-likeness (QED) is 0.336. The number of aromatic nitrogens is 2. The third-order valence-electron chi connectivity index (χ3n) is 6.01. The Balaban J connectivity index is 1.61. The Hall–Kier alpha value is -3.18. The monoisotopic (exact) mass is 499 g/mol. The first-order chi connectivity index (χ1) is 16.2. The number of amides is 3. The molecule has 3 aromatic rings. The van der Waals surface area contributed by atoms with Crippen molar-refractivity contribution >= 4 is 56.7 Å². The molecular weight excluding hydrogens is 474 g/mol. The molecular formula is C23H25N5O4S2. The molecule has 0 unspecified atom stereocenters. The summed E-state index contributed by atoms with van der Waals surface area (Å²) in [5.41, 5.74) is 11.9. The number of primary amides is 2. The minimum atomic E-state index is -0.743. The number of fused-ring (bicyclic) bond motifs is 1. The number of nitrogens with one attached hydrogen (secondary N) is 1. The minimum Gasteiger partial charge on any atom is -0.366 e. The Bertz CT molecular complexity index is 1340. The van der Waals surface area contributed by atoms with E-state index in [1.54, 1.807) is 4.57 Å². The van der Waals surface area contributed by atoms with Crippen LogP contribution in [0.3, 0.4) is 0 Å². The minimum absolute atomic E-state index is 0.0132. The van der Waals surface area contributed by atoms with E-state index in [0.717, 1.165) is 36.1 Å². The first kappa shape index (κ1) is 24.0. The van der Waals surface area contributed by atoms with Gasteiger partial charge >= 0.3 is 0 Å². The van der Waals surface area contributed by atoms with E-state index >= 15 is 0 Å². The molecule has 5 N–H and O–H groups in total. The number of carbonyl (C=O) groups excluding carboxylic acids is 3. The van der Waals surface area contributed by atoms with Crippen molar-refractivity contribution in [2.45, 2.75) is 50.7 Å². The maximum atomic E-state index is 13.4. The Morgan fingerprint density at radius 1 is 1.12 bits per heavy atom. The van der Waals surface area contributed by atoms with E-state index in [2.05, 4.69) is 5.32 Å². The van der Waals surface area contributed by atoms with Gasteiger partial charge in [-0.1, -0.05) is 24.6 Å². The van der Waals surface area contributed by atoms with E-state index in [1.165, 1.54) is 41.3 Å². The molecule has 0 atom stereocenters. The van der Waals surface area contributed by atoms with Crippen molar-refractivity contribution in [2.75, 3.05) is 11.1 Å². The van der Waals surface area contributed by atoms with Gasteiger partial charge < -0.3 is 16.8 Å². The number of hydrogen-bond acceptors (Lipinski definition) is 7. The summed E-state index contributed by atoms with van der Waals surface area (Å²) in [4.78, 5) is 55.8. The van der Waals surface area contributed by atoms with Gasteiger partial charge in [-0.25, -0.2) is 4.98 Å². The maximum Gasteiger partial charge on any atom is 0.263 e. The Morgan fingerprint density at radius 3 is 2.32 bits per heavy atom. The van der Waals surface area contributed by atoms with Gasteiger partial charge in [0.25, 0.3) is 5.56 Å². The summed E-state index contributed by atoms with van der Waals surface area (Å²) in [5, 5.41) is 3.84. The van der Waals surface area contributed by atoms with Gasteiger partial charge in [-0.2, -0.15) is 0 Å². The zero-order valence-corrected chi connectivity index (χ0v) is 20.5. The van der Waals surface area contributed by atoms with Crippen LogP contribution in [0.15, 0.2) is 28.2 Å². The van der Waals surface area contributed by atoms with Crippen LogP contribution in [0.4, 0.5) is 5.69 Å². The average molecular weight is 500 g/mol. The summed E-state index contributed by atoms with van der Waals surface area (Å²) in [5.74, 6) is -1.88. The summed E-state index contributed by atoms with van der Waals surface area (Å²) < 4.78 is 1.76. The van der Waals surface area contributed by atoms with Crippen molar-refractivity contribution in [3.05, 3.63) is 50.1 Å². The lowest BCUT2D eigenvalue weighted by Gasteiger charge is -2.18. The molecule has 0 radical (unpaired) electrons. The number of thiophene rings is 1. The molecule has 0 bridgehead atoms. The zero-order chi connectivity index (χ0) is 24.6. The first-order valence-electron chi connectivity index (χ1n) is 10.8. The second-order valence-electron chi connectivity index (χ2n) is 8.34. The maximum absolute atomic E-state index is 13.4. The highest BCUT2D eigenvalue weighted by Crippen LogP contribution is 2.34. The predicted octanol–water partition coefficient (Wildman–Crippen LogP) is 3.12. The Morgan fingerprint density at radius 2 is 1.74 bits per heavy atom. The lowest BCUT2D eigenvalue weighted by atomic mass is 10.1. The lowest BCUT2D eigenvalue weighted by Crippen LogP contribution is -2.27. The van der Waals surface area contributed by atoms with E-state index in [-0.39, 0.29) is 40.1 Å². The van der Waals surface area contributed by atoms with Crippen LogP contribution in [0.25, 0.3) is 10.2 Å². The van der Waals surface area contributed by atoms with Crippen LogP contribution < -0.4 is 22.3 Å². The number of anilines is 1. The van der Waals surface area contributed by atoms with E-state index in [4.69, 9.17) is 16.5 Å². The fourth-order valence-corrected chi connectivity index (χ4v) is 6.12. The molecule has 2 aromatic heterocycles. The molecule has 1 aliphatic rings. The van der Waals surface area contributed by atoms with Crippen LogP contribution in [0.5, 0.6) is 0 Å². The van der Waals surface area contributed by atoms with Gasteiger partial charge in [0, 0.05) is 27.7 Å². The number of nitrogens with zero attached hydrogens (tertiary/aromatic N) is 2. The van der Waals surface area contributed by atoms with Gasteiger partial charge in [0.1, 0.15) is 4.83 Å². The van der Waals surface area contributed by atoms with Gasteiger partial charge in [0.15, 0.2) is 5.16 Å². The second kappa shape index (κ2) is 9.59. The fourth-order valence-electron chi connectivity index (χ4n) is 4.19. The first-order valence-corrected chi connectivity index (χ1v) is 12.7. The van der Waals surface area contributed by atoms with Crippen LogP contribution in [-0.4, -0.2) is 33.0 Å². The highest BCUT2D eigenvalue weighted by atomic mass is 32.2. The van der Waals surface area contributed by atoms with Crippen molar-refractivity contribution in [2.24, 2.45) is 11.5 Å².